The third-order valence-electron chi connectivity index (χ3n) is 3.28. The minimum Gasteiger partial charge on any atom is -0.379 e. The van der Waals surface area contributed by atoms with E-state index in [1.807, 2.05) is 6.26 Å². The van der Waals surface area contributed by atoms with Crippen LogP contribution in [0, 0.1) is 5.82 Å². The zero-order valence-corrected chi connectivity index (χ0v) is 19.2. The zero-order valence-electron chi connectivity index (χ0n) is 15.2. The summed E-state index contributed by atoms with van der Waals surface area (Å²) in [7, 11) is -1.33. The number of ether oxygens (including phenoxy) is 1. The molecule has 0 radical (unpaired) electrons. The van der Waals surface area contributed by atoms with Crippen LogP contribution >= 0.6 is 35.7 Å². The van der Waals surface area contributed by atoms with Gasteiger partial charge in [0.1, 0.15) is 15.7 Å². The second kappa shape index (κ2) is 13.6. The third-order valence-corrected chi connectivity index (χ3v) is 4.78. The Labute approximate surface area is 176 Å². The highest BCUT2D eigenvalue weighted by Gasteiger charge is 2.06. The molecular formula is C16H27FIN3O3S2. The van der Waals surface area contributed by atoms with Gasteiger partial charge in [0.05, 0.1) is 19.0 Å². The lowest BCUT2D eigenvalue weighted by atomic mass is 10.1. The van der Waals surface area contributed by atoms with E-state index in [2.05, 4.69) is 15.6 Å². The highest BCUT2D eigenvalue weighted by atomic mass is 127. The van der Waals surface area contributed by atoms with Gasteiger partial charge in [0, 0.05) is 32.1 Å². The summed E-state index contributed by atoms with van der Waals surface area (Å²) in [6.07, 6.45) is 3.16. The number of rotatable bonds is 10. The number of aliphatic imine (C=N–C) groups is 1. The summed E-state index contributed by atoms with van der Waals surface area (Å²) in [6, 6.07) is 4.78. The Morgan fingerprint density at radius 3 is 2.62 bits per heavy atom. The van der Waals surface area contributed by atoms with Gasteiger partial charge in [-0.1, -0.05) is 6.07 Å². The lowest BCUT2D eigenvalue weighted by molar-refractivity contribution is 0.154. The minimum absolute atomic E-state index is 0. The van der Waals surface area contributed by atoms with Gasteiger partial charge < -0.3 is 15.4 Å². The molecule has 10 heteroatoms. The van der Waals surface area contributed by atoms with E-state index in [1.54, 1.807) is 30.9 Å². The van der Waals surface area contributed by atoms with Gasteiger partial charge >= 0.3 is 0 Å². The number of thioether (sulfide) groups is 1. The van der Waals surface area contributed by atoms with Gasteiger partial charge in [-0.05, 0) is 29.5 Å². The van der Waals surface area contributed by atoms with Gasteiger partial charge in [-0.3, -0.25) is 4.99 Å². The quantitative estimate of drug-likeness (QED) is 0.213. The Hall–Kier alpha value is -0.590. The number of nitrogens with zero attached hydrogens (tertiary/aromatic N) is 1. The van der Waals surface area contributed by atoms with Gasteiger partial charge in [-0.15, -0.1) is 24.0 Å². The van der Waals surface area contributed by atoms with Crippen LogP contribution in [0.15, 0.2) is 23.2 Å². The van der Waals surface area contributed by atoms with Crippen molar-refractivity contribution in [2.75, 3.05) is 45.1 Å². The van der Waals surface area contributed by atoms with E-state index >= 15 is 0 Å². The molecule has 0 aliphatic carbocycles. The monoisotopic (exact) mass is 519 g/mol. The Kier molecular flexibility index (Phi) is 13.3. The Bertz CT molecular complexity index is 673. The number of guanidine groups is 1. The molecule has 0 spiro atoms. The summed E-state index contributed by atoms with van der Waals surface area (Å²) in [5.41, 5.74) is 1.97. The van der Waals surface area contributed by atoms with E-state index in [0.29, 0.717) is 25.7 Å². The average molecular weight is 519 g/mol. The summed E-state index contributed by atoms with van der Waals surface area (Å²) in [4.78, 5) is 4.12. The average Bonchev–Trinajstić information content (AvgIpc) is 2.54. The lowest BCUT2D eigenvalue weighted by Crippen LogP contribution is -2.38. The molecule has 0 bridgehead atoms. The van der Waals surface area contributed by atoms with Crippen LogP contribution in [0.3, 0.4) is 0 Å². The molecule has 1 aromatic carbocycles. The molecular weight excluding hydrogens is 492 g/mol. The largest absolute Gasteiger partial charge is 0.379 e. The number of benzene rings is 1. The number of halogens is 2. The topological polar surface area (TPSA) is 79.8 Å². The Morgan fingerprint density at radius 1 is 1.27 bits per heavy atom. The van der Waals surface area contributed by atoms with Gasteiger partial charge in [-0.25, -0.2) is 12.8 Å². The highest BCUT2D eigenvalue weighted by molar-refractivity contribution is 14.0. The van der Waals surface area contributed by atoms with E-state index < -0.39 is 9.84 Å². The molecule has 0 unspecified atom stereocenters. The van der Waals surface area contributed by atoms with Crippen molar-refractivity contribution >= 4 is 51.5 Å². The van der Waals surface area contributed by atoms with Crippen molar-refractivity contribution in [3.63, 3.8) is 0 Å². The molecule has 26 heavy (non-hydrogen) atoms. The molecule has 0 aliphatic rings. The summed E-state index contributed by atoms with van der Waals surface area (Å²) in [6.45, 7) is 1.60. The number of hydrogen-bond donors (Lipinski definition) is 2. The first-order valence-corrected chi connectivity index (χ1v) is 11.3. The molecule has 0 heterocycles. The Morgan fingerprint density at radius 2 is 2.00 bits per heavy atom. The van der Waals surface area contributed by atoms with E-state index in [1.165, 1.54) is 12.3 Å². The molecule has 0 atom stereocenters. The first-order valence-electron chi connectivity index (χ1n) is 7.82. The number of nitrogens with one attached hydrogen (secondary N) is 2. The number of hydrogen-bond acceptors (Lipinski definition) is 5. The predicted octanol–water partition coefficient (Wildman–Crippen LogP) is 2.03. The van der Waals surface area contributed by atoms with Crippen molar-refractivity contribution < 1.29 is 17.5 Å². The van der Waals surface area contributed by atoms with Crippen LogP contribution in [-0.2, 0) is 26.9 Å². The molecule has 0 aliphatic heterocycles. The van der Waals surface area contributed by atoms with Crippen molar-refractivity contribution in [3.8, 4) is 0 Å². The van der Waals surface area contributed by atoms with Crippen LogP contribution in [0.2, 0.25) is 0 Å². The van der Waals surface area contributed by atoms with E-state index in [9.17, 15) is 12.8 Å². The first kappa shape index (κ1) is 25.4. The smallest absolute Gasteiger partial charge is 0.191 e. The van der Waals surface area contributed by atoms with Crippen molar-refractivity contribution in [2.45, 2.75) is 12.3 Å². The van der Waals surface area contributed by atoms with Gasteiger partial charge in [-0.2, -0.15) is 11.8 Å². The van der Waals surface area contributed by atoms with E-state index in [4.69, 9.17) is 4.74 Å². The molecule has 0 saturated carbocycles. The molecule has 0 amide bonds. The standard InChI is InChI=1S/C16H26FN3O3S2.HI/c1-18-16(19-6-7-23-8-9-25(3,21)22)20-11-13-4-5-15(17)10-14(13)12-24-2;/h4-5,10H,6-9,11-12H2,1-3H3,(H2,18,19,20);1H. The maximum Gasteiger partial charge on any atom is 0.191 e. The van der Waals surface area contributed by atoms with Crippen molar-refractivity contribution in [1.82, 2.24) is 10.6 Å². The van der Waals surface area contributed by atoms with Crippen LogP contribution in [0.25, 0.3) is 0 Å². The second-order valence-corrected chi connectivity index (χ2v) is 8.57. The highest BCUT2D eigenvalue weighted by Crippen LogP contribution is 2.16. The van der Waals surface area contributed by atoms with Crippen molar-refractivity contribution in [3.05, 3.63) is 35.1 Å². The first-order chi connectivity index (χ1) is 11.9. The van der Waals surface area contributed by atoms with Gasteiger partial charge in [0.25, 0.3) is 0 Å². The molecule has 0 saturated heterocycles. The molecule has 2 N–H and O–H groups in total. The fourth-order valence-electron chi connectivity index (χ4n) is 2.01. The maximum absolute atomic E-state index is 13.4. The SMILES string of the molecule is CN=C(NCCOCCS(C)(=O)=O)NCc1ccc(F)cc1CSC.I. The molecule has 0 aromatic heterocycles. The molecule has 150 valence electrons. The lowest BCUT2D eigenvalue weighted by Gasteiger charge is -2.14. The van der Waals surface area contributed by atoms with Crippen LogP contribution in [-0.4, -0.2) is 59.4 Å². The van der Waals surface area contributed by atoms with Crippen molar-refractivity contribution in [2.24, 2.45) is 4.99 Å². The van der Waals surface area contributed by atoms with Crippen LogP contribution in [0.4, 0.5) is 4.39 Å². The van der Waals surface area contributed by atoms with Gasteiger partial charge in [0.15, 0.2) is 5.96 Å². The summed E-state index contributed by atoms with van der Waals surface area (Å²) >= 11 is 1.64. The fraction of sp³-hybridized carbons (Fsp3) is 0.562. The molecule has 1 aromatic rings. The molecule has 6 nitrogen and oxygen atoms in total. The molecule has 0 fully saturated rings. The van der Waals surface area contributed by atoms with Gasteiger partial charge in [0.2, 0.25) is 0 Å². The van der Waals surface area contributed by atoms with Crippen LogP contribution in [0.1, 0.15) is 11.1 Å². The van der Waals surface area contributed by atoms with Crippen LogP contribution in [0.5, 0.6) is 0 Å². The maximum atomic E-state index is 13.4. The van der Waals surface area contributed by atoms with E-state index in [-0.39, 0.29) is 42.2 Å². The second-order valence-electron chi connectivity index (χ2n) is 5.44. The minimum atomic E-state index is -2.99. The van der Waals surface area contributed by atoms with Crippen LogP contribution < -0.4 is 10.6 Å². The van der Waals surface area contributed by atoms with E-state index in [0.717, 1.165) is 16.9 Å². The third kappa shape index (κ3) is 11.2. The fourth-order valence-corrected chi connectivity index (χ4v) is 3.01. The molecule has 1 rings (SSSR count). The number of sulfone groups is 1. The van der Waals surface area contributed by atoms with Crippen molar-refractivity contribution in [1.29, 1.82) is 0 Å². The summed E-state index contributed by atoms with van der Waals surface area (Å²) < 4.78 is 40.6. The zero-order chi connectivity index (χ0) is 18.7. The predicted molar refractivity (Wildman–Crippen MR) is 118 cm³/mol. The Balaban J connectivity index is 0.00000625. The normalized spacial score (nSPS) is 11.8. The summed E-state index contributed by atoms with van der Waals surface area (Å²) in [5.74, 6) is 1.13. The summed E-state index contributed by atoms with van der Waals surface area (Å²) in [5, 5.41) is 6.26.